The largest absolute Gasteiger partial charge is 0.309 e. The van der Waals surface area contributed by atoms with E-state index >= 15 is 0 Å². The fraction of sp³-hybridized carbons (Fsp3) is 0.571. The highest BCUT2D eigenvalue weighted by Gasteiger charge is 2.42. The fourth-order valence-corrected chi connectivity index (χ4v) is 3.36. The molecule has 18 heavy (non-hydrogen) atoms. The number of hydroxylamine groups is 1. The maximum atomic E-state index is 6.38. The lowest BCUT2D eigenvalue weighted by molar-refractivity contribution is 0.00731. The Balaban J connectivity index is 2.41. The molecule has 0 amide bonds. The quantitative estimate of drug-likeness (QED) is 0.824. The van der Waals surface area contributed by atoms with E-state index in [4.69, 9.17) is 16.4 Å². The number of rotatable bonds is 4. The van der Waals surface area contributed by atoms with E-state index in [0.29, 0.717) is 0 Å². The van der Waals surface area contributed by atoms with Crippen molar-refractivity contribution in [1.82, 2.24) is 10.8 Å². The Morgan fingerprint density at radius 2 is 2.11 bits per heavy atom. The highest BCUT2D eigenvalue weighted by molar-refractivity contribution is 6.31. The average Bonchev–Trinajstić information content (AvgIpc) is 2.41. The van der Waals surface area contributed by atoms with Gasteiger partial charge >= 0.3 is 0 Å². The molecule has 2 rings (SSSR count). The number of nitrogens with one attached hydrogen (secondary N) is 2. The number of likely N-dealkylation sites (N-methyl/N-ethyl adjacent to an activating group) is 1. The molecule has 0 spiro atoms. The normalized spacial score (nSPS) is 28.3. The summed E-state index contributed by atoms with van der Waals surface area (Å²) in [4.78, 5) is 5.17. The molecule has 2 atom stereocenters. The van der Waals surface area contributed by atoms with Gasteiger partial charge in [0.25, 0.3) is 0 Å². The first-order chi connectivity index (χ1) is 8.74. The summed E-state index contributed by atoms with van der Waals surface area (Å²) in [5.74, 6) is 0. The second kappa shape index (κ2) is 6.02. The monoisotopic (exact) mass is 268 g/mol. The summed E-state index contributed by atoms with van der Waals surface area (Å²) in [5.41, 5.74) is 4.14. The summed E-state index contributed by atoms with van der Waals surface area (Å²) < 4.78 is 0. The van der Waals surface area contributed by atoms with E-state index in [1.165, 1.54) is 12.8 Å². The SMILES string of the molecule is CNC1(c2ccccc2Cl)CCCCC1NOC. The van der Waals surface area contributed by atoms with Crippen LogP contribution in [0.4, 0.5) is 0 Å². The molecule has 3 nitrogen and oxygen atoms in total. The van der Waals surface area contributed by atoms with E-state index in [9.17, 15) is 0 Å². The predicted molar refractivity (Wildman–Crippen MR) is 74.6 cm³/mol. The van der Waals surface area contributed by atoms with Gasteiger partial charge in [-0.25, -0.2) is 0 Å². The Morgan fingerprint density at radius 3 is 2.78 bits per heavy atom. The molecule has 0 bridgehead atoms. The van der Waals surface area contributed by atoms with Gasteiger partial charge in [0.1, 0.15) is 0 Å². The standard InChI is InChI=1S/C14H21ClN2O/c1-16-14(11-7-3-4-8-12(11)15)10-6-5-9-13(14)17-18-2/h3-4,7-8,13,16-17H,5-6,9-10H2,1-2H3. The minimum Gasteiger partial charge on any atom is -0.309 e. The highest BCUT2D eigenvalue weighted by Crippen LogP contribution is 2.40. The molecule has 2 N–H and O–H groups in total. The molecule has 0 heterocycles. The molecule has 0 aliphatic heterocycles. The Kier molecular flexibility index (Phi) is 4.62. The number of hydrogen-bond acceptors (Lipinski definition) is 3. The van der Waals surface area contributed by atoms with Crippen LogP contribution in [0.5, 0.6) is 0 Å². The number of hydrogen-bond donors (Lipinski definition) is 2. The molecule has 2 unspecified atom stereocenters. The zero-order chi connectivity index (χ0) is 13.0. The summed E-state index contributed by atoms with van der Waals surface area (Å²) in [5, 5.41) is 4.30. The van der Waals surface area contributed by atoms with Crippen LogP contribution < -0.4 is 10.8 Å². The molecule has 0 saturated heterocycles. The van der Waals surface area contributed by atoms with Crippen molar-refractivity contribution in [2.24, 2.45) is 0 Å². The van der Waals surface area contributed by atoms with Crippen molar-refractivity contribution in [3.05, 3.63) is 34.9 Å². The van der Waals surface area contributed by atoms with Gasteiger partial charge in [-0.05, 0) is 31.5 Å². The van der Waals surface area contributed by atoms with E-state index in [0.717, 1.165) is 23.4 Å². The van der Waals surface area contributed by atoms with Crippen LogP contribution in [0.15, 0.2) is 24.3 Å². The van der Waals surface area contributed by atoms with Gasteiger partial charge in [0, 0.05) is 5.02 Å². The summed E-state index contributed by atoms with van der Waals surface area (Å²) in [6, 6.07) is 8.31. The smallest absolute Gasteiger partial charge is 0.0625 e. The molecule has 4 heteroatoms. The molecule has 1 saturated carbocycles. The Hall–Kier alpha value is -0.610. The van der Waals surface area contributed by atoms with E-state index in [-0.39, 0.29) is 11.6 Å². The molecular formula is C14H21ClN2O. The van der Waals surface area contributed by atoms with Crippen LogP contribution >= 0.6 is 11.6 Å². The van der Waals surface area contributed by atoms with Crippen molar-refractivity contribution >= 4 is 11.6 Å². The molecule has 1 aromatic carbocycles. The molecule has 1 aromatic rings. The van der Waals surface area contributed by atoms with E-state index < -0.39 is 0 Å². The second-order valence-electron chi connectivity index (χ2n) is 4.82. The molecule has 0 aromatic heterocycles. The summed E-state index contributed by atoms with van der Waals surface area (Å²) in [7, 11) is 3.67. The molecule has 1 fully saturated rings. The van der Waals surface area contributed by atoms with Gasteiger partial charge in [0.2, 0.25) is 0 Å². The van der Waals surface area contributed by atoms with Crippen LogP contribution in [0.2, 0.25) is 5.02 Å². The van der Waals surface area contributed by atoms with E-state index in [1.54, 1.807) is 7.11 Å². The summed E-state index contributed by atoms with van der Waals surface area (Å²) in [6.45, 7) is 0. The maximum Gasteiger partial charge on any atom is 0.0625 e. The van der Waals surface area contributed by atoms with Crippen LogP contribution in [-0.2, 0) is 10.4 Å². The lowest BCUT2D eigenvalue weighted by Gasteiger charge is -2.44. The van der Waals surface area contributed by atoms with Crippen molar-refractivity contribution in [2.45, 2.75) is 37.3 Å². The summed E-state index contributed by atoms with van der Waals surface area (Å²) >= 11 is 6.38. The predicted octanol–water partition coefficient (Wildman–Crippen LogP) is 2.85. The van der Waals surface area contributed by atoms with E-state index in [2.05, 4.69) is 16.9 Å². The van der Waals surface area contributed by atoms with Crippen molar-refractivity contribution in [1.29, 1.82) is 0 Å². The van der Waals surface area contributed by atoms with Gasteiger partial charge < -0.3 is 10.2 Å². The number of halogens is 1. The van der Waals surface area contributed by atoms with Crippen molar-refractivity contribution in [3.63, 3.8) is 0 Å². The lowest BCUT2D eigenvalue weighted by atomic mass is 9.73. The first kappa shape index (κ1) is 13.8. The molecule has 1 aliphatic rings. The molecule has 0 radical (unpaired) electrons. The minimum atomic E-state index is -0.146. The average molecular weight is 269 g/mol. The van der Waals surface area contributed by atoms with Crippen molar-refractivity contribution in [2.75, 3.05) is 14.2 Å². The first-order valence-electron chi connectivity index (χ1n) is 6.47. The van der Waals surface area contributed by atoms with E-state index in [1.807, 2.05) is 25.2 Å². The van der Waals surface area contributed by atoms with Gasteiger partial charge in [0.15, 0.2) is 0 Å². The van der Waals surface area contributed by atoms with Gasteiger partial charge in [-0.1, -0.05) is 42.6 Å². The van der Waals surface area contributed by atoms with Crippen LogP contribution in [0.3, 0.4) is 0 Å². The van der Waals surface area contributed by atoms with Crippen LogP contribution in [0.25, 0.3) is 0 Å². The number of benzene rings is 1. The third-order valence-corrected chi connectivity index (χ3v) is 4.30. The van der Waals surface area contributed by atoms with Gasteiger partial charge in [0.05, 0.1) is 18.7 Å². The topological polar surface area (TPSA) is 33.3 Å². The minimum absolute atomic E-state index is 0.146. The third kappa shape index (κ3) is 2.41. The highest BCUT2D eigenvalue weighted by atomic mass is 35.5. The van der Waals surface area contributed by atoms with Crippen LogP contribution in [0.1, 0.15) is 31.2 Å². The zero-order valence-electron chi connectivity index (χ0n) is 11.0. The van der Waals surface area contributed by atoms with Crippen molar-refractivity contribution in [3.8, 4) is 0 Å². The summed E-state index contributed by atoms with van der Waals surface area (Å²) in [6.07, 6.45) is 4.57. The Bertz CT molecular complexity index is 397. The first-order valence-corrected chi connectivity index (χ1v) is 6.85. The van der Waals surface area contributed by atoms with Gasteiger partial charge in [-0.15, -0.1) is 0 Å². The molecule has 100 valence electrons. The van der Waals surface area contributed by atoms with Crippen molar-refractivity contribution < 1.29 is 4.84 Å². The molecule has 1 aliphatic carbocycles. The Labute approximate surface area is 114 Å². The second-order valence-corrected chi connectivity index (χ2v) is 5.23. The zero-order valence-corrected chi connectivity index (χ0v) is 11.8. The van der Waals surface area contributed by atoms with Gasteiger partial charge in [-0.3, -0.25) is 0 Å². The third-order valence-electron chi connectivity index (χ3n) is 3.97. The maximum absolute atomic E-state index is 6.38. The van der Waals surface area contributed by atoms with Gasteiger partial charge in [-0.2, -0.15) is 5.48 Å². The lowest BCUT2D eigenvalue weighted by Crippen LogP contribution is -2.57. The van der Waals surface area contributed by atoms with Crippen LogP contribution in [0, 0.1) is 0 Å². The van der Waals surface area contributed by atoms with Crippen LogP contribution in [-0.4, -0.2) is 20.2 Å². The fourth-order valence-electron chi connectivity index (χ4n) is 3.05. The molecular weight excluding hydrogens is 248 g/mol. The Morgan fingerprint density at radius 1 is 1.33 bits per heavy atom.